The number of amides is 1. The van der Waals surface area contributed by atoms with E-state index in [2.05, 4.69) is 10.6 Å². The van der Waals surface area contributed by atoms with Gasteiger partial charge in [-0.05, 0) is 25.5 Å². The molecule has 1 aromatic carbocycles. The Labute approximate surface area is 102 Å². The number of rotatable bonds is 7. The number of benzene rings is 1. The molecule has 0 aromatic heterocycles. The highest BCUT2D eigenvalue weighted by molar-refractivity contribution is 5.99. The lowest BCUT2D eigenvalue weighted by molar-refractivity contribution is 0.0949. The van der Waals surface area contributed by atoms with E-state index in [1.807, 2.05) is 31.2 Å². The zero-order valence-corrected chi connectivity index (χ0v) is 10.5. The number of anilines is 1. The van der Waals surface area contributed by atoms with E-state index in [1.54, 1.807) is 7.11 Å². The minimum Gasteiger partial charge on any atom is -0.385 e. The lowest BCUT2D eigenvalue weighted by atomic mass is 10.1. The normalized spacial score (nSPS) is 10.0. The lowest BCUT2D eigenvalue weighted by Gasteiger charge is -2.10. The Kier molecular flexibility index (Phi) is 6.10. The van der Waals surface area contributed by atoms with Gasteiger partial charge in [0.2, 0.25) is 0 Å². The van der Waals surface area contributed by atoms with Crippen LogP contribution in [0.25, 0.3) is 0 Å². The van der Waals surface area contributed by atoms with Crippen molar-refractivity contribution in [2.75, 3.05) is 32.1 Å². The molecule has 0 saturated carbocycles. The molecule has 4 nitrogen and oxygen atoms in total. The number of nitrogens with one attached hydrogen (secondary N) is 2. The molecule has 0 bridgehead atoms. The van der Waals surface area contributed by atoms with E-state index in [0.29, 0.717) is 18.7 Å². The Balaban J connectivity index is 2.55. The fourth-order valence-corrected chi connectivity index (χ4v) is 1.54. The van der Waals surface area contributed by atoms with Gasteiger partial charge in [0.15, 0.2) is 0 Å². The smallest absolute Gasteiger partial charge is 0.253 e. The fraction of sp³-hybridized carbons (Fsp3) is 0.462. The molecule has 0 unspecified atom stereocenters. The maximum atomic E-state index is 11.9. The second-order valence-corrected chi connectivity index (χ2v) is 3.68. The van der Waals surface area contributed by atoms with Gasteiger partial charge in [-0.1, -0.05) is 12.1 Å². The van der Waals surface area contributed by atoms with Crippen LogP contribution in [0.4, 0.5) is 5.69 Å². The minimum absolute atomic E-state index is 0.0438. The van der Waals surface area contributed by atoms with Crippen LogP contribution < -0.4 is 10.6 Å². The number of carbonyl (C=O) groups is 1. The monoisotopic (exact) mass is 236 g/mol. The molecule has 0 spiro atoms. The topological polar surface area (TPSA) is 50.4 Å². The quantitative estimate of drug-likeness (QED) is 0.711. The van der Waals surface area contributed by atoms with Gasteiger partial charge in [0.05, 0.1) is 5.56 Å². The minimum atomic E-state index is -0.0438. The molecule has 0 heterocycles. The van der Waals surface area contributed by atoms with E-state index in [4.69, 9.17) is 4.74 Å². The molecular weight excluding hydrogens is 216 g/mol. The molecule has 0 saturated heterocycles. The van der Waals surface area contributed by atoms with Crippen molar-refractivity contribution in [1.29, 1.82) is 0 Å². The Morgan fingerprint density at radius 1 is 1.35 bits per heavy atom. The van der Waals surface area contributed by atoms with Gasteiger partial charge in [0, 0.05) is 32.5 Å². The van der Waals surface area contributed by atoms with Crippen molar-refractivity contribution in [3.63, 3.8) is 0 Å². The summed E-state index contributed by atoms with van der Waals surface area (Å²) in [5.74, 6) is -0.0438. The van der Waals surface area contributed by atoms with Crippen molar-refractivity contribution < 1.29 is 9.53 Å². The molecule has 2 N–H and O–H groups in total. The first-order valence-electron chi connectivity index (χ1n) is 5.89. The zero-order valence-electron chi connectivity index (χ0n) is 10.5. The number of ether oxygens (including phenoxy) is 1. The molecule has 17 heavy (non-hydrogen) atoms. The molecule has 0 aliphatic heterocycles. The Hall–Kier alpha value is -1.55. The predicted octanol–water partition coefficient (Wildman–Crippen LogP) is 1.88. The third-order valence-electron chi connectivity index (χ3n) is 2.35. The van der Waals surface area contributed by atoms with Gasteiger partial charge < -0.3 is 15.4 Å². The molecule has 94 valence electrons. The average molecular weight is 236 g/mol. The third kappa shape index (κ3) is 4.44. The zero-order chi connectivity index (χ0) is 12.5. The molecular formula is C13H20N2O2. The molecule has 0 fully saturated rings. The van der Waals surface area contributed by atoms with E-state index < -0.39 is 0 Å². The van der Waals surface area contributed by atoms with Crippen LogP contribution in [-0.4, -0.2) is 32.7 Å². The number of methoxy groups -OCH3 is 1. The Morgan fingerprint density at radius 2 is 2.12 bits per heavy atom. The van der Waals surface area contributed by atoms with Crippen molar-refractivity contribution in [1.82, 2.24) is 5.32 Å². The number of carbonyl (C=O) groups excluding carboxylic acids is 1. The Bertz CT molecular complexity index is 353. The van der Waals surface area contributed by atoms with E-state index in [0.717, 1.165) is 18.7 Å². The molecule has 0 radical (unpaired) electrons. The standard InChI is InChI=1S/C13H20N2O2/c1-3-14-12-8-5-4-7-11(12)13(16)15-9-6-10-17-2/h4-5,7-8,14H,3,6,9-10H2,1-2H3,(H,15,16). The molecule has 0 aliphatic rings. The van der Waals surface area contributed by atoms with Crippen molar-refractivity contribution in [3.8, 4) is 0 Å². The van der Waals surface area contributed by atoms with Crippen molar-refractivity contribution in [2.24, 2.45) is 0 Å². The van der Waals surface area contributed by atoms with Crippen molar-refractivity contribution in [3.05, 3.63) is 29.8 Å². The van der Waals surface area contributed by atoms with Crippen LogP contribution in [0.3, 0.4) is 0 Å². The fourth-order valence-electron chi connectivity index (χ4n) is 1.54. The van der Waals surface area contributed by atoms with E-state index in [-0.39, 0.29) is 5.91 Å². The van der Waals surface area contributed by atoms with E-state index >= 15 is 0 Å². The Morgan fingerprint density at radius 3 is 2.82 bits per heavy atom. The summed E-state index contributed by atoms with van der Waals surface area (Å²) in [6.45, 7) is 4.10. The summed E-state index contributed by atoms with van der Waals surface area (Å²) in [5.41, 5.74) is 1.56. The predicted molar refractivity (Wildman–Crippen MR) is 69.4 cm³/mol. The van der Waals surface area contributed by atoms with Crippen LogP contribution >= 0.6 is 0 Å². The van der Waals surface area contributed by atoms with Crippen molar-refractivity contribution >= 4 is 11.6 Å². The summed E-state index contributed by atoms with van der Waals surface area (Å²) < 4.78 is 4.93. The van der Waals surface area contributed by atoms with Crippen LogP contribution in [0, 0.1) is 0 Å². The summed E-state index contributed by atoms with van der Waals surface area (Å²) in [5, 5.41) is 6.05. The number of hydrogen-bond acceptors (Lipinski definition) is 3. The van der Waals surface area contributed by atoms with Crippen LogP contribution in [-0.2, 0) is 4.74 Å². The second-order valence-electron chi connectivity index (χ2n) is 3.68. The summed E-state index contributed by atoms with van der Waals surface area (Å²) in [7, 11) is 1.66. The number of hydrogen-bond donors (Lipinski definition) is 2. The van der Waals surface area contributed by atoms with E-state index in [9.17, 15) is 4.79 Å². The van der Waals surface area contributed by atoms with Crippen LogP contribution in [0.5, 0.6) is 0 Å². The maximum Gasteiger partial charge on any atom is 0.253 e. The van der Waals surface area contributed by atoms with Gasteiger partial charge in [0.1, 0.15) is 0 Å². The van der Waals surface area contributed by atoms with Crippen molar-refractivity contribution in [2.45, 2.75) is 13.3 Å². The van der Waals surface area contributed by atoms with E-state index in [1.165, 1.54) is 0 Å². The van der Waals surface area contributed by atoms with Crippen LogP contribution in [0.15, 0.2) is 24.3 Å². The molecule has 1 aromatic rings. The first-order chi connectivity index (χ1) is 8.29. The van der Waals surface area contributed by atoms with Gasteiger partial charge in [-0.25, -0.2) is 0 Å². The average Bonchev–Trinajstić information content (AvgIpc) is 2.35. The summed E-state index contributed by atoms with van der Waals surface area (Å²) in [6, 6.07) is 7.52. The maximum absolute atomic E-state index is 11.9. The SMILES string of the molecule is CCNc1ccccc1C(=O)NCCCOC. The molecule has 0 aliphatic carbocycles. The third-order valence-corrected chi connectivity index (χ3v) is 2.35. The highest BCUT2D eigenvalue weighted by atomic mass is 16.5. The first kappa shape index (κ1) is 13.5. The summed E-state index contributed by atoms with van der Waals surface area (Å²) in [6.07, 6.45) is 0.825. The van der Waals surface area contributed by atoms with Gasteiger partial charge in [0.25, 0.3) is 5.91 Å². The summed E-state index contributed by atoms with van der Waals surface area (Å²) in [4.78, 5) is 11.9. The molecule has 4 heteroatoms. The van der Waals surface area contributed by atoms with Gasteiger partial charge in [-0.3, -0.25) is 4.79 Å². The first-order valence-corrected chi connectivity index (χ1v) is 5.89. The lowest BCUT2D eigenvalue weighted by Crippen LogP contribution is -2.26. The molecule has 1 amide bonds. The highest BCUT2D eigenvalue weighted by Crippen LogP contribution is 2.14. The van der Waals surface area contributed by atoms with Gasteiger partial charge in [-0.15, -0.1) is 0 Å². The van der Waals surface area contributed by atoms with Gasteiger partial charge in [-0.2, -0.15) is 0 Å². The molecule has 0 atom stereocenters. The largest absolute Gasteiger partial charge is 0.385 e. The van der Waals surface area contributed by atoms with Crippen LogP contribution in [0.1, 0.15) is 23.7 Å². The highest BCUT2D eigenvalue weighted by Gasteiger charge is 2.09. The second kappa shape index (κ2) is 7.68. The summed E-state index contributed by atoms with van der Waals surface area (Å²) >= 11 is 0. The van der Waals surface area contributed by atoms with Gasteiger partial charge >= 0.3 is 0 Å². The van der Waals surface area contributed by atoms with Crippen LogP contribution in [0.2, 0.25) is 0 Å². The molecule has 1 rings (SSSR count). The number of para-hydroxylation sites is 1.